The number of imide groups is 1. The van der Waals surface area contributed by atoms with E-state index >= 15 is 0 Å². The molecule has 1 aromatic heterocycles. The number of carbonyl (C=O) groups is 2. The molecule has 1 aliphatic heterocycles. The minimum absolute atomic E-state index is 0.0696. The highest BCUT2D eigenvalue weighted by Crippen LogP contribution is 2.32. The molecular weight excluding hydrogens is 659 g/mol. The van der Waals surface area contributed by atoms with Gasteiger partial charge in [-0.05, 0) is 91.2 Å². The van der Waals surface area contributed by atoms with Crippen LogP contribution in [0.4, 0.5) is 0 Å². The Kier molecular flexibility index (Phi) is 9.95. The summed E-state index contributed by atoms with van der Waals surface area (Å²) in [6.45, 7) is 2.00. The minimum atomic E-state index is -0.605. The van der Waals surface area contributed by atoms with Crippen LogP contribution in [0.2, 0.25) is 10.0 Å². The number of ether oxygens (including phenoxy) is 2. The molecule has 1 aliphatic rings. The van der Waals surface area contributed by atoms with Gasteiger partial charge in [-0.1, -0.05) is 59.6 Å². The Morgan fingerprint density at radius 2 is 1.61 bits per heavy atom. The van der Waals surface area contributed by atoms with Gasteiger partial charge in [-0.2, -0.15) is 10.4 Å². The number of benzene rings is 4. The smallest absolute Gasteiger partial charge is 0.271 e. The van der Waals surface area contributed by atoms with Crippen molar-refractivity contribution in [2.24, 2.45) is 0 Å². The molecular formula is C39H30Cl2N4O4. The molecule has 0 N–H and O–H groups in total. The maximum Gasteiger partial charge on any atom is 0.271 e. The van der Waals surface area contributed by atoms with Crippen LogP contribution in [0, 0.1) is 11.3 Å². The van der Waals surface area contributed by atoms with Crippen LogP contribution in [-0.4, -0.2) is 40.1 Å². The zero-order chi connectivity index (χ0) is 34.5. The molecule has 0 fully saturated rings. The third kappa shape index (κ3) is 7.29. The van der Waals surface area contributed by atoms with E-state index in [2.05, 4.69) is 0 Å². The van der Waals surface area contributed by atoms with Crippen molar-refractivity contribution in [3.63, 3.8) is 0 Å². The molecule has 6 rings (SSSR count). The third-order valence-electron chi connectivity index (χ3n) is 8.21. The second-order valence-corrected chi connectivity index (χ2v) is 12.1. The number of amides is 2. The van der Waals surface area contributed by atoms with E-state index in [4.69, 9.17) is 37.8 Å². The average Bonchev–Trinajstić information content (AvgIpc) is 3.54. The molecule has 0 aliphatic carbocycles. The van der Waals surface area contributed by atoms with E-state index in [-0.39, 0.29) is 24.3 Å². The monoisotopic (exact) mass is 688 g/mol. The Labute approximate surface area is 294 Å². The first-order chi connectivity index (χ1) is 23.7. The molecule has 0 saturated heterocycles. The number of para-hydroxylation sites is 1. The van der Waals surface area contributed by atoms with E-state index in [0.29, 0.717) is 44.8 Å². The number of halogens is 2. The van der Waals surface area contributed by atoms with Gasteiger partial charge >= 0.3 is 0 Å². The van der Waals surface area contributed by atoms with E-state index in [1.807, 2.05) is 97.2 Å². The summed E-state index contributed by atoms with van der Waals surface area (Å²) in [5, 5.41) is 15.9. The number of hydrogen-bond acceptors (Lipinski definition) is 6. The molecule has 2 amide bonds. The first-order valence-corrected chi connectivity index (χ1v) is 16.2. The Balaban J connectivity index is 1.33. The fourth-order valence-corrected chi connectivity index (χ4v) is 5.92. The molecule has 0 atom stereocenters. The summed E-state index contributed by atoms with van der Waals surface area (Å²) in [4.78, 5) is 28.4. The summed E-state index contributed by atoms with van der Waals surface area (Å²) in [7, 11) is 1.59. The van der Waals surface area contributed by atoms with Crippen LogP contribution in [0.15, 0.2) is 120 Å². The number of carbonyl (C=O) groups excluding carboxylic acids is 2. The molecule has 4 aromatic carbocycles. The molecule has 2 heterocycles. The largest absolute Gasteiger partial charge is 0.497 e. The predicted molar refractivity (Wildman–Crippen MR) is 190 cm³/mol. The Morgan fingerprint density at radius 3 is 2.29 bits per heavy atom. The van der Waals surface area contributed by atoms with Crippen LogP contribution in [0.5, 0.6) is 11.5 Å². The zero-order valence-electron chi connectivity index (χ0n) is 26.7. The maximum atomic E-state index is 13.9. The summed E-state index contributed by atoms with van der Waals surface area (Å²) in [6, 6.07) is 31.7. The summed E-state index contributed by atoms with van der Waals surface area (Å²) in [5.74, 6) is 0.258. The van der Waals surface area contributed by atoms with Crippen molar-refractivity contribution in [2.45, 2.75) is 20.0 Å². The van der Waals surface area contributed by atoms with Gasteiger partial charge in [0, 0.05) is 45.1 Å². The SMILES string of the molecule is COc1ccc(CCN2C(=O)C(C#N)=C(C)/C(=C\c3cn(-c4ccccc4)nc3-c3ccc(OCc4ccc(Cl)cc4Cl)cc3)C2=O)cc1. The summed E-state index contributed by atoms with van der Waals surface area (Å²) < 4.78 is 12.9. The summed E-state index contributed by atoms with van der Waals surface area (Å²) >= 11 is 12.3. The Hall–Kier alpha value is -5.62. The van der Waals surface area contributed by atoms with Gasteiger partial charge in [-0.25, -0.2) is 4.68 Å². The van der Waals surface area contributed by atoms with Crippen LogP contribution >= 0.6 is 23.2 Å². The predicted octanol–water partition coefficient (Wildman–Crippen LogP) is 8.27. The van der Waals surface area contributed by atoms with Gasteiger partial charge in [-0.15, -0.1) is 0 Å². The van der Waals surface area contributed by atoms with Crippen molar-refractivity contribution in [3.05, 3.63) is 147 Å². The van der Waals surface area contributed by atoms with Crippen molar-refractivity contribution in [1.82, 2.24) is 14.7 Å². The zero-order valence-corrected chi connectivity index (χ0v) is 28.2. The molecule has 8 nitrogen and oxygen atoms in total. The first-order valence-electron chi connectivity index (χ1n) is 15.4. The molecule has 10 heteroatoms. The van der Waals surface area contributed by atoms with Gasteiger partial charge < -0.3 is 9.47 Å². The second-order valence-electron chi connectivity index (χ2n) is 11.3. The van der Waals surface area contributed by atoms with Crippen molar-refractivity contribution >= 4 is 41.1 Å². The van der Waals surface area contributed by atoms with Gasteiger partial charge in [0.1, 0.15) is 29.7 Å². The molecule has 0 radical (unpaired) electrons. The van der Waals surface area contributed by atoms with Gasteiger partial charge in [0.25, 0.3) is 11.8 Å². The molecule has 5 aromatic rings. The number of nitrogens with zero attached hydrogens (tertiary/aromatic N) is 4. The molecule has 49 heavy (non-hydrogen) atoms. The maximum absolute atomic E-state index is 13.9. The van der Waals surface area contributed by atoms with Crippen LogP contribution in [0.1, 0.15) is 23.6 Å². The quantitative estimate of drug-likeness (QED) is 0.108. The molecule has 0 bridgehead atoms. The number of hydrogen-bond donors (Lipinski definition) is 0. The molecule has 0 saturated carbocycles. The lowest BCUT2D eigenvalue weighted by molar-refractivity contribution is -0.140. The van der Waals surface area contributed by atoms with Gasteiger partial charge in [-0.3, -0.25) is 14.5 Å². The van der Waals surface area contributed by atoms with E-state index < -0.39 is 11.8 Å². The minimum Gasteiger partial charge on any atom is -0.497 e. The van der Waals surface area contributed by atoms with Gasteiger partial charge in [0.2, 0.25) is 0 Å². The van der Waals surface area contributed by atoms with Crippen LogP contribution in [0.25, 0.3) is 23.0 Å². The lowest BCUT2D eigenvalue weighted by Gasteiger charge is -2.27. The van der Waals surface area contributed by atoms with E-state index in [0.717, 1.165) is 27.3 Å². The lowest BCUT2D eigenvalue weighted by Crippen LogP contribution is -2.43. The third-order valence-corrected chi connectivity index (χ3v) is 8.80. The van der Waals surface area contributed by atoms with E-state index in [1.54, 1.807) is 36.9 Å². The van der Waals surface area contributed by atoms with E-state index in [1.165, 1.54) is 0 Å². The first kappa shape index (κ1) is 33.3. The van der Waals surface area contributed by atoms with Crippen molar-refractivity contribution < 1.29 is 19.1 Å². The highest BCUT2D eigenvalue weighted by molar-refractivity contribution is 6.35. The Bertz CT molecular complexity index is 2130. The number of aromatic nitrogens is 2. The summed E-state index contributed by atoms with van der Waals surface area (Å²) in [5.41, 5.74) is 5.06. The fraction of sp³-hybridized carbons (Fsp3) is 0.128. The van der Waals surface area contributed by atoms with Gasteiger partial charge in [0.05, 0.1) is 18.5 Å². The standard InChI is InChI=1S/C39H30Cl2N4O4/c1-25-34(38(46)44(39(47)35(25)22-42)19-18-26-8-14-32(48-2)15-9-26)20-29-23-45(31-6-4-3-5-7-31)43-37(29)27-11-16-33(17-12-27)49-24-28-10-13-30(40)21-36(28)41/h3-17,20-21,23H,18-19,24H2,1-2H3/b34-20+. The summed E-state index contributed by atoms with van der Waals surface area (Å²) in [6.07, 6.45) is 3.95. The lowest BCUT2D eigenvalue weighted by atomic mass is 9.93. The highest BCUT2D eigenvalue weighted by atomic mass is 35.5. The van der Waals surface area contributed by atoms with Crippen molar-refractivity contribution in [2.75, 3.05) is 13.7 Å². The number of rotatable bonds is 10. The number of nitriles is 1. The van der Waals surface area contributed by atoms with E-state index in [9.17, 15) is 14.9 Å². The normalized spacial score (nSPS) is 13.9. The van der Waals surface area contributed by atoms with Crippen LogP contribution in [-0.2, 0) is 22.6 Å². The molecule has 0 spiro atoms. The van der Waals surface area contributed by atoms with Crippen LogP contribution in [0.3, 0.4) is 0 Å². The highest BCUT2D eigenvalue weighted by Gasteiger charge is 2.35. The molecule has 0 unspecified atom stereocenters. The van der Waals surface area contributed by atoms with Crippen molar-refractivity contribution in [3.8, 4) is 34.5 Å². The number of methoxy groups -OCH3 is 1. The van der Waals surface area contributed by atoms with Crippen molar-refractivity contribution in [1.29, 1.82) is 5.26 Å². The Morgan fingerprint density at radius 1 is 0.898 bits per heavy atom. The average molecular weight is 690 g/mol. The fourth-order valence-electron chi connectivity index (χ4n) is 5.46. The van der Waals surface area contributed by atoms with Gasteiger partial charge in [0.15, 0.2) is 0 Å². The van der Waals surface area contributed by atoms with Crippen LogP contribution < -0.4 is 9.47 Å². The topological polar surface area (TPSA) is 97.5 Å². The second kappa shape index (κ2) is 14.7. The molecule has 244 valence electrons.